The molecule has 0 amide bonds. The van der Waals surface area contributed by atoms with Gasteiger partial charge in [-0.1, -0.05) is 30.3 Å². The number of halogens is 1. The second-order valence-electron chi connectivity index (χ2n) is 5.68. The maximum atomic E-state index is 13.0. The highest BCUT2D eigenvalue weighted by Gasteiger charge is 2.30. The number of nitrogens with zero attached hydrogens (tertiary/aromatic N) is 1. The molecule has 0 radical (unpaired) electrons. The molecule has 0 bridgehead atoms. The van der Waals surface area contributed by atoms with Gasteiger partial charge in [0.25, 0.3) is 0 Å². The zero-order valence-electron chi connectivity index (χ0n) is 12.2. The number of rotatable bonds is 3. The summed E-state index contributed by atoms with van der Waals surface area (Å²) in [6.07, 6.45) is 1.11. The van der Waals surface area contributed by atoms with Crippen LogP contribution in [0.5, 0.6) is 5.75 Å². The molecule has 1 fully saturated rings. The van der Waals surface area contributed by atoms with Gasteiger partial charge in [0.15, 0.2) is 0 Å². The number of likely N-dealkylation sites (tertiary alicyclic amines) is 1. The van der Waals surface area contributed by atoms with Crippen molar-refractivity contribution in [2.75, 3.05) is 20.1 Å². The van der Waals surface area contributed by atoms with Crippen molar-refractivity contribution in [1.82, 2.24) is 4.90 Å². The SMILES string of the molecule is CN1CC[C@@H](Oc2ccc(F)cc2)[C@H](c2ccccc2)C1. The van der Waals surface area contributed by atoms with Gasteiger partial charge in [0.05, 0.1) is 0 Å². The molecule has 1 aliphatic heterocycles. The van der Waals surface area contributed by atoms with Gasteiger partial charge in [-0.3, -0.25) is 0 Å². The zero-order valence-corrected chi connectivity index (χ0v) is 12.2. The van der Waals surface area contributed by atoms with E-state index in [0.717, 1.165) is 25.3 Å². The number of ether oxygens (including phenoxy) is 1. The summed E-state index contributed by atoms with van der Waals surface area (Å²) in [5, 5.41) is 0. The maximum Gasteiger partial charge on any atom is 0.123 e. The Balaban J connectivity index is 1.79. The molecule has 0 N–H and O–H groups in total. The van der Waals surface area contributed by atoms with Gasteiger partial charge in [-0.15, -0.1) is 0 Å². The lowest BCUT2D eigenvalue weighted by atomic mass is 9.88. The Kier molecular flexibility index (Phi) is 4.20. The van der Waals surface area contributed by atoms with E-state index in [0.29, 0.717) is 5.92 Å². The van der Waals surface area contributed by atoms with Crippen LogP contribution in [-0.4, -0.2) is 31.1 Å². The third-order valence-electron chi connectivity index (χ3n) is 4.08. The Morgan fingerprint density at radius 3 is 2.48 bits per heavy atom. The lowest BCUT2D eigenvalue weighted by Crippen LogP contribution is -2.42. The van der Waals surface area contributed by atoms with Crippen molar-refractivity contribution in [3.63, 3.8) is 0 Å². The van der Waals surface area contributed by atoms with E-state index in [1.54, 1.807) is 12.1 Å². The van der Waals surface area contributed by atoms with Crippen molar-refractivity contribution in [3.05, 3.63) is 66.0 Å². The van der Waals surface area contributed by atoms with Crippen molar-refractivity contribution >= 4 is 0 Å². The minimum atomic E-state index is -0.231. The summed E-state index contributed by atoms with van der Waals surface area (Å²) in [5.41, 5.74) is 1.30. The van der Waals surface area contributed by atoms with E-state index in [1.165, 1.54) is 17.7 Å². The second-order valence-corrected chi connectivity index (χ2v) is 5.68. The van der Waals surface area contributed by atoms with Crippen molar-refractivity contribution in [1.29, 1.82) is 0 Å². The molecule has 110 valence electrons. The first-order valence-corrected chi connectivity index (χ1v) is 7.38. The van der Waals surface area contributed by atoms with Crippen molar-refractivity contribution < 1.29 is 9.13 Å². The molecule has 0 saturated carbocycles. The van der Waals surface area contributed by atoms with Crippen LogP contribution in [0.3, 0.4) is 0 Å². The van der Waals surface area contributed by atoms with Gasteiger partial charge in [-0.05, 0) is 43.3 Å². The van der Waals surface area contributed by atoms with Gasteiger partial charge in [0.1, 0.15) is 17.7 Å². The molecule has 0 spiro atoms. The highest BCUT2D eigenvalue weighted by molar-refractivity contribution is 5.26. The summed E-state index contributed by atoms with van der Waals surface area (Å²) in [6.45, 7) is 2.01. The first-order valence-electron chi connectivity index (χ1n) is 7.38. The first-order chi connectivity index (χ1) is 10.2. The van der Waals surface area contributed by atoms with Crippen LogP contribution in [0, 0.1) is 5.82 Å². The van der Waals surface area contributed by atoms with E-state index in [-0.39, 0.29) is 11.9 Å². The fourth-order valence-electron chi connectivity index (χ4n) is 2.94. The third kappa shape index (κ3) is 3.42. The summed E-state index contributed by atoms with van der Waals surface area (Å²) in [6, 6.07) is 16.8. The molecule has 2 aromatic rings. The summed E-state index contributed by atoms with van der Waals surface area (Å²) < 4.78 is 19.1. The Morgan fingerprint density at radius 2 is 1.76 bits per heavy atom. The maximum absolute atomic E-state index is 13.0. The molecule has 1 heterocycles. The van der Waals surface area contributed by atoms with Crippen LogP contribution in [0.15, 0.2) is 54.6 Å². The molecular formula is C18H20FNO. The standard InChI is InChI=1S/C18H20FNO/c1-20-12-11-18(21-16-9-7-15(19)8-10-16)17(13-20)14-5-3-2-4-6-14/h2-10,17-18H,11-13H2,1H3/t17-,18+/m0/s1. The molecule has 1 saturated heterocycles. The van der Waals surface area contributed by atoms with Crippen LogP contribution in [-0.2, 0) is 0 Å². The van der Waals surface area contributed by atoms with Crippen LogP contribution in [0.1, 0.15) is 17.9 Å². The lowest BCUT2D eigenvalue weighted by Gasteiger charge is -2.37. The van der Waals surface area contributed by atoms with E-state index in [4.69, 9.17) is 4.74 Å². The normalized spacial score (nSPS) is 23.0. The molecule has 0 aromatic heterocycles. The van der Waals surface area contributed by atoms with E-state index in [2.05, 4.69) is 36.2 Å². The van der Waals surface area contributed by atoms with Gasteiger partial charge in [0, 0.05) is 19.0 Å². The van der Waals surface area contributed by atoms with Crippen LogP contribution < -0.4 is 4.74 Å². The van der Waals surface area contributed by atoms with Crippen LogP contribution in [0.4, 0.5) is 4.39 Å². The van der Waals surface area contributed by atoms with Crippen LogP contribution in [0.2, 0.25) is 0 Å². The van der Waals surface area contributed by atoms with Gasteiger partial charge in [0.2, 0.25) is 0 Å². The van der Waals surface area contributed by atoms with E-state index in [1.807, 2.05) is 6.07 Å². The number of hydrogen-bond donors (Lipinski definition) is 0. The minimum Gasteiger partial charge on any atom is -0.490 e. The Labute approximate surface area is 125 Å². The molecule has 2 aromatic carbocycles. The third-order valence-corrected chi connectivity index (χ3v) is 4.08. The highest BCUT2D eigenvalue weighted by atomic mass is 19.1. The lowest BCUT2D eigenvalue weighted by molar-refractivity contribution is 0.0901. The molecule has 0 aliphatic carbocycles. The zero-order chi connectivity index (χ0) is 14.7. The molecule has 3 rings (SSSR count). The molecule has 21 heavy (non-hydrogen) atoms. The van der Waals surface area contributed by atoms with Crippen molar-refractivity contribution in [3.8, 4) is 5.75 Å². The Hall–Kier alpha value is -1.87. The number of likely N-dealkylation sites (N-methyl/N-ethyl adjacent to an activating group) is 1. The van der Waals surface area contributed by atoms with Crippen molar-refractivity contribution in [2.45, 2.75) is 18.4 Å². The van der Waals surface area contributed by atoms with E-state index < -0.39 is 0 Å². The van der Waals surface area contributed by atoms with Gasteiger partial charge in [-0.25, -0.2) is 4.39 Å². The number of benzene rings is 2. The highest BCUT2D eigenvalue weighted by Crippen LogP contribution is 2.30. The molecular weight excluding hydrogens is 265 g/mol. The van der Waals surface area contributed by atoms with E-state index in [9.17, 15) is 4.39 Å². The number of piperidine rings is 1. The van der Waals surface area contributed by atoms with Crippen LogP contribution >= 0.6 is 0 Å². The van der Waals surface area contributed by atoms with Crippen molar-refractivity contribution in [2.24, 2.45) is 0 Å². The van der Waals surface area contributed by atoms with Gasteiger partial charge >= 0.3 is 0 Å². The molecule has 1 aliphatic rings. The van der Waals surface area contributed by atoms with E-state index >= 15 is 0 Å². The second kappa shape index (κ2) is 6.27. The minimum absolute atomic E-state index is 0.133. The average molecular weight is 285 g/mol. The first kappa shape index (κ1) is 14.1. The molecule has 0 unspecified atom stereocenters. The fraction of sp³-hybridized carbons (Fsp3) is 0.333. The van der Waals surface area contributed by atoms with Gasteiger partial charge in [-0.2, -0.15) is 0 Å². The summed E-state index contributed by atoms with van der Waals surface area (Å²) in [7, 11) is 2.14. The summed E-state index contributed by atoms with van der Waals surface area (Å²) in [4.78, 5) is 2.34. The number of hydrogen-bond acceptors (Lipinski definition) is 2. The van der Waals surface area contributed by atoms with Crippen LogP contribution in [0.25, 0.3) is 0 Å². The molecule has 3 heteroatoms. The Bertz CT molecular complexity index is 570. The topological polar surface area (TPSA) is 12.5 Å². The fourth-order valence-corrected chi connectivity index (χ4v) is 2.94. The average Bonchev–Trinajstić information content (AvgIpc) is 2.52. The summed E-state index contributed by atoms with van der Waals surface area (Å²) >= 11 is 0. The largest absolute Gasteiger partial charge is 0.490 e. The monoisotopic (exact) mass is 285 g/mol. The summed E-state index contributed by atoms with van der Waals surface area (Å²) in [5.74, 6) is 0.854. The molecule has 2 atom stereocenters. The Morgan fingerprint density at radius 1 is 1.05 bits per heavy atom. The predicted octanol–water partition coefficient (Wildman–Crippen LogP) is 3.69. The molecule has 2 nitrogen and oxygen atoms in total. The quantitative estimate of drug-likeness (QED) is 0.852. The smallest absolute Gasteiger partial charge is 0.123 e. The van der Waals surface area contributed by atoms with Gasteiger partial charge < -0.3 is 9.64 Å². The predicted molar refractivity (Wildman–Crippen MR) is 82.1 cm³/mol.